The van der Waals surface area contributed by atoms with Crippen molar-refractivity contribution in [1.82, 2.24) is 13.4 Å². The van der Waals surface area contributed by atoms with Gasteiger partial charge >= 0.3 is 5.69 Å². The van der Waals surface area contributed by atoms with Gasteiger partial charge in [0, 0.05) is 33.0 Å². The van der Waals surface area contributed by atoms with Crippen molar-refractivity contribution in [3.05, 3.63) is 56.9 Å². The van der Waals surface area contributed by atoms with Gasteiger partial charge in [-0.2, -0.15) is 4.31 Å². The first-order chi connectivity index (χ1) is 12.0. The largest absolute Gasteiger partial charge is 0.330 e. The second-order valence-electron chi connectivity index (χ2n) is 5.93. The molecule has 1 N–H and O–H groups in total. The molecule has 9 nitrogen and oxygen atoms in total. The molecule has 0 fully saturated rings. The zero-order valence-corrected chi connectivity index (χ0v) is 15.7. The van der Waals surface area contributed by atoms with Crippen molar-refractivity contribution >= 4 is 21.6 Å². The lowest BCUT2D eigenvalue weighted by Crippen LogP contribution is -2.43. The van der Waals surface area contributed by atoms with E-state index < -0.39 is 38.6 Å². The number of likely N-dealkylation sites (N-methyl/N-ethyl adjacent to an activating group) is 1. The monoisotopic (exact) mass is 380 g/mol. The summed E-state index contributed by atoms with van der Waals surface area (Å²) in [7, 11) is -0.530. The van der Waals surface area contributed by atoms with E-state index in [0.29, 0.717) is 10.3 Å². The normalized spacial score (nSPS) is 11.6. The SMILES string of the molecule is Cc1ccc(NC(=O)CN(C)S(=O)(=O)c2cn(C)c(=O)n(C)c2=O)cc1. The Kier molecular flexibility index (Phi) is 5.47. The predicted octanol–water partition coefficient (Wildman–Crippen LogP) is -0.348. The van der Waals surface area contributed by atoms with E-state index in [1.807, 2.05) is 19.1 Å². The lowest BCUT2D eigenvalue weighted by molar-refractivity contribution is -0.116. The van der Waals surface area contributed by atoms with Crippen molar-refractivity contribution < 1.29 is 13.2 Å². The van der Waals surface area contributed by atoms with Gasteiger partial charge in [-0.3, -0.25) is 14.2 Å². The molecule has 0 saturated carbocycles. The Morgan fingerprint density at radius 2 is 1.73 bits per heavy atom. The fraction of sp³-hybridized carbons (Fsp3) is 0.312. The van der Waals surface area contributed by atoms with E-state index in [9.17, 15) is 22.8 Å². The minimum Gasteiger partial charge on any atom is -0.325 e. The molecule has 0 unspecified atom stereocenters. The smallest absolute Gasteiger partial charge is 0.325 e. The number of nitrogens with zero attached hydrogens (tertiary/aromatic N) is 3. The molecule has 1 aromatic heterocycles. The number of carbonyl (C=O) groups excluding carboxylic acids is 1. The van der Waals surface area contributed by atoms with E-state index in [1.54, 1.807) is 12.1 Å². The van der Waals surface area contributed by atoms with Crippen molar-refractivity contribution in [3.63, 3.8) is 0 Å². The summed E-state index contributed by atoms with van der Waals surface area (Å²) in [5.74, 6) is -0.554. The summed E-state index contributed by atoms with van der Waals surface area (Å²) in [4.78, 5) is 35.4. The Bertz CT molecular complexity index is 1050. The number of carbonyl (C=O) groups is 1. The second-order valence-corrected chi connectivity index (χ2v) is 7.94. The average Bonchev–Trinajstić information content (AvgIpc) is 2.58. The van der Waals surface area contributed by atoms with Crippen LogP contribution in [-0.4, -0.2) is 41.4 Å². The number of rotatable bonds is 5. The van der Waals surface area contributed by atoms with Crippen molar-refractivity contribution in [3.8, 4) is 0 Å². The second kappa shape index (κ2) is 7.26. The highest BCUT2D eigenvalue weighted by Gasteiger charge is 2.27. The molecule has 140 valence electrons. The fourth-order valence-electron chi connectivity index (χ4n) is 2.24. The van der Waals surface area contributed by atoms with Gasteiger partial charge in [0.25, 0.3) is 5.56 Å². The quantitative estimate of drug-likeness (QED) is 0.762. The summed E-state index contributed by atoms with van der Waals surface area (Å²) in [6, 6.07) is 7.02. The molecule has 0 bridgehead atoms. The zero-order chi connectivity index (χ0) is 19.6. The third-order valence-electron chi connectivity index (χ3n) is 3.80. The number of benzene rings is 1. The minimum absolute atomic E-state index is 0.484. The molecule has 0 saturated heterocycles. The first-order valence-electron chi connectivity index (χ1n) is 7.63. The first kappa shape index (κ1) is 19.6. The van der Waals surface area contributed by atoms with Crippen LogP contribution in [0.5, 0.6) is 0 Å². The molecule has 10 heteroatoms. The lowest BCUT2D eigenvalue weighted by Gasteiger charge is -2.17. The number of amides is 1. The Balaban J connectivity index is 2.24. The highest BCUT2D eigenvalue weighted by molar-refractivity contribution is 7.89. The van der Waals surface area contributed by atoms with Crippen LogP contribution < -0.4 is 16.6 Å². The van der Waals surface area contributed by atoms with Crippen molar-refractivity contribution in [2.24, 2.45) is 14.1 Å². The zero-order valence-electron chi connectivity index (χ0n) is 14.9. The molecule has 0 atom stereocenters. The van der Waals surface area contributed by atoms with Crippen LogP contribution in [0.2, 0.25) is 0 Å². The molecule has 1 aromatic carbocycles. The molecular formula is C16H20N4O5S. The van der Waals surface area contributed by atoms with E-state index in [2.05, 4.69) is 5.32 Å². The van der Waals surface area contributed by atoms with E-state index in [4.69, 9.17) is 0 Å². The van der Waals surface area contributed by atoms with Gasteiger partial charge in [0.1, 0.15) is 0 Å². The van der Waals surface area contributed by atoms with E-state index in [1.165, 1.54) is 21.1 Å². The minimum atomic E-state index is -4.25. The number of sulfonamides is 1. The number of anilines is 1. The topological polar surface area (TPSA) is 110 Å². The number of aryl methyl sites for hydroxylation is 2. The van der Waals surface area contributed by atoms with Crippen LogP contribution in [0.15, 0.2) is 44.9 Å². The van der Waals surface area contributed by atoms with Crippen LogP contribution in [0.3, 0.4) is 0 Å². The van der Waals surface area contributed by atoms with E-state index in [-0.39, 0.29) is 0 Å². The Labute approximate surface area is 150 Å². The maximum Gasteiger partial charge on any atom is 0.330 e. The van der Waals surface area contributed by atoms with Crippen molar-refractivity contribution in [1.29, 1.82) is 0 Å². The number of aromatic nitrogens is 2. The summed E-state index contributed by atoms with van der Waals surface area (Å²) in [5.41, 5.74) is -0.0368. The van der Waals surface area contributed by atoms with Gasteiger partial charge in [0.05, 0.1) is 6.54 Å². The Morgan fingerprint density at radius 3 is 2.31 bits per heavy atom. The van der Waals surface area contributed by atoms with Crippen LogP contribution in [0, 0.1) is 6.92 Å². The summed E-state index contributed by atoms with van der Waals surface area (Å²) in [6.45, 7) is 1.42. The van der Waals surface area contributed by atoms with Crippen LogP contribution in [0.4, 0.5) is 5.69 Å². The molecule has 0 aliphatic heterocycles. The molecule has 0 aliphatic carbocycles. The Morgan fingerprint density at radius 1 is 1.15 bits per heavy atom. The molecule has 1 heterocycles. The van der Waals surface area contributed by atoms with Crippen LogP contribution in [0.1, 0.15) is 5.56 Å². The van der Waals surface area contributed by atoms with Gasteiger partial charge in [-0.1, -0.05) is 17.7 Å². The highest BCUT2D eigenvalue weighted by atomic mass is 32.2. The summed E-state index contributed by atoms with van der Waals surface area (Å²) < 4.78 is 27.7. The third kappa shape index (κ3) is 3.92. The van der Waals surface area contributed by atoms with E-state index >= 15 is 0 Å². The molecule has 0 aliphatic rings. The van der Waals surface area contributed by atoms with Crippen LogP contribution in [-0.2, 0) is 28.9 Å². The van der Waals surface area contributed by atoms with Crippen molar-refractivity contribution in [2.45, 2.75) is 11.8 Å². The van der Waals surface area contributed by atoms with Gasteiger partial charge in [-0.25, -0.2) is 13.2 Å². The summed E-state index contributed by atoms with van der Waals surface area (Å²) in [6.07, 6.45) is 0.953. The number of hydrogen-bond acceptors (Lipinski definition) is 5. The van der Waals surface area contributed by atoms with Gasteiger partial charge in [-0.15, -0.1) is 0 Å². The van der Waals surface area contributed by atoms with Gasteiger partial charge in [0.15, 0.2) is 4.90 Å². The Hall–Kier alpha value is -2.72. The molecule has 2 rings (SSSR count). The third-order valence-corrected chi connectivity index (χ3v) is 5.59. The maximum atomic E-state index is 12.6. The van der Waals surface area contributed by atoms with Gasteiger partial charge in [0.2, 0.25) is 15.9 Å². The number of nitrogens with one attached hydrogen (secondary N) is 1. The van der Waals surface area contributed by atoms with E-state index in [0.717, 1.165) is 20.6 Å². The predicted molar refractivity (Wildman–Crippen MR) is 96.5 cm³/mol. The lowest BCUT2D eigenvalue weighted by atomic mass is 10.2. The highest BCUT2D eigenvalue weighted by Crippen LogP contribution is 2.11. The molecule has 0 spiro atoms. The molecular weight excluding hydrogens is 360 g/mol. The maximum absolute atomic E-state index is 12.6. The molecule has 2 aromatic rings. The standard InChI is InChI=1S/C16H20N4O5S/c1-11-5-7-12(8-6-11)17-14(21)10-19(3)26(24,25)13-9-18(2)16(23)20(4)15(13)22/h5-9H,10H2,1-4H3,(H,17,21). The number of hydrogen-bond donors (Lipinski definition) is 1. The average molecular weight is 380 g/mol. The summed E-state index contributed by atoms with van der Waals surface area (Å²) in [5, 5.41) is 2.59. The molecule has 26 heavy (non-hydrogen) atoms. The summed E-state index contributed by atoms with van der Waals surface area (Å²) >= 11 is 0. The molecule has 1 amide bonds. The van der Waals surface area contributed by atoms with Crippen molar-refractivity contribution in [2.75, 3.05) is 18.9 Å². The molecule has 0 radical (unpaired) electrons. The van der Waals surface area contributed by atoms with Crippen LogP contribution >= 0.6 is 0 Å². The van der Waals surface area contributed by atoms with Gasteiger partial charge in [-0.05, 0) is 19.1 Å². The first-order valence-corrected chi connectivity index (χ1v) is 9.07. The fourth-order valence-corrected chi connectivity index (χ4v) is 3.52. The van der Waals surface area contributed by atoms with Gasteiger partial charge < -0.3 is 9.88 Å². The van der Waals surface area contributed by atoms with Crippen LogP contribution in [0.25, 0.3) is 0 Å².